The number of nitrogens with zero attached hydrogens (tertiary/aromatic N) is 1. The van der Waals surface area contributed by atoms with Gasteiger partial charge in [0.1, 0.15) is 0 Å². The Kier molecular flexibility index (Phi) is 8.59. The van der Waals surface area contributed by atoms with E-state index in [0.29, 0.717) is 19.3 Å². The van der Waals surface area contributed by atoms with Crippen LogP contribution in [-0.4, -0.2) is 62.6 Å². The Labute approximate surface area is 112 Å². The summed E-state index contributed by atoms with van der Waals surface area (Å²) in [5.74, 6) is 0. The van der Waals surface area contributed by atoms with Crippen molar-refractivity contribution in [1.82, 2.24) is 10.2 Å². The summed E-state index contributed by atoms with van der Waals surface area (Å²) in [5, 5.41) is 13.1. The smallest absolute Gasteiger partial charge is 0.0897 e. The topological polar surface area (TPSA) is 44.7 Å². The maximum Gasteiger partial charge on any atom is 0.0897 e. The molecule has 0 aromatic rings. The normalized spacial score (nSPS) is 19.3. The molecular weight excluding hydrogens is 228 g/mol. The molecule has 1 saturated carbocycles. The van der Waals surface area contributed by atoms with Gasteiger partial charge in [-0.05, 0) is 46.4 Å². The SMILES string of the molecule is CN(C)CCCNCC(O)COC1CCCCC1. The average Bonchev–Trinajstić information content (AvgIpc) is 2.37. The van der Waals surface area contributed by atoms with E-state index in [-0.39, 0.29) is 6.10 Å². The Hall–Kier alpha value is -0.160. The molecular formula is C14H30N2O2. The van der Waals surface area contributed by atoms with Gasteiger partial charge in [-0.2, -0.15) is 0 Å². The zero-order valence-corrected chi connectivity index (χ0v) is 12.0. The van der Waals surface area contributed by atoms with Crippen LogP contribution in [0.1, 0.15) is 38.5 Å². The molecule has 0 radical (unpaired) electrons. The molecule has 0 saturated heterocycles. The molecule has 0 aromatic carbocycles. The molecule has 1 unspecified atom stereocenters. The molecule has 0 aliphatic heterocycles. The Morgan fingerprint density at radius 2 is 2.00 bits per heavy atom. The number of aliphatic hydroxyl groups excluding tert-OH is 1. The molecule has 0 heterocycles. The lowest BCUT2D eigenvalue weighted by Gasteiger charge is -2.23. The van der Waals surface area contributed by atoms with E-state index < -0.39 is 0 Å². The molecule has 0 amide bonds. The van der Waals surface area contributed by atoms with E-state index in [1.54, 1.807) is 0 Å². The van der Waals surface area contributed by atoms with Crippen LogP contribution in [0.2, 0.25) is 0 Å². The summed E-state index contributed by atoms with van der Waals surface area (Å²) in [7, 11) is 4.15. The first-order valence-electron chi connectivity index (χ1n) is 7.33. The third-order valence-corrected chi connectivity index (χ3v) is 3.42. The zero-order valence-electron chi connectivity index (χ0n) is 12.0. The van der Waals surface area contributed by atoms with Crippen LogP contribution in [0.25, 0.3) is 0 Å². The van der Waals surface area contributed by atoms with Crippen molar-refractivity contribution in [3.8, 4) is 0 Å². The van der Waals surface area contributed by atoms with Crippen molar-refractivity contribution in [3.05, 3.63) is 0 Å². The van der Waals surface area contributed by atoms with Gasteiger partial charge in [-0.1, -0.05) is 19.3 Å². The second-order valence-electron chi connectivity index (χ2n) is 5.61. The van der Waals surface area contributed by atoms with Gasteiger partial charge in [-0.3, -0.25) is 0 Å². The number of aliphatic hydroxyl groups is 1. The lowest BCUT2D eigenvalue weighted by molar-refractivity contribution is -0.0229. The van der Waals surface area contributed by atoms with Gasteiger partial charge in [-0.15, -0.1) is 0 Å². The Balaban J connectivity index is 1.91. The van der Waals surface area contributed by atoms with Crippen LogP contribution in [0, 0.1) is 0 Å². The minimum absolute atomic E-state index is 0.369. The molecule has 108 valence electrons. The third-order valence-electron chi connectivity index (χ3n) is 3.42. The van der Waals surface area contributed by atoms with Gasteiger partial charge in [0.05, 0.1) is 18.8 Å². The fourth-order valence-electron chi connectivity index (χ4n) is 2.33. The fourth-order valence-corrected chi connectivity index (χ4v) is 2.33. The Morgan fingerprint density at radius 1 is 1.28 bits per heavy atom. The van der Waals surface area contributed by atoms with Crippen LogP contribution in [0.3, 0.4) is 0 Å². The summed E-state index contributed by atoms with van der Waals surface area (Å²) < 4.78 is 5.74. The van der Waals surface area contributed by atoms with Gasteiger partial charge in [0.25, 0.3) is 0 Å². The molecule has 1 aliphatic rings. The number of rotatable bonds is 9. The predicted octanol–water partition coefficient (Wildman–Crippen LogP) is 1.24. The van der Waals surface area contributed by atoms with Crippen LogP contribution < -0.4 is 5.32 Å². The Morgan fingerprint density at radius 3 is 2.67 bits per heavy atom. The standard InChI is InChI=1S/C14H30N2O2/c1-16(2)10-6-9-15-11-13(17)12-18-14-7-4-3-5-8-14/h13-15,17H,3-12H2,1-2H3. The first-order chi connectivity index (χ1) is 8.68. The van der Waals surface area contributed by atoms with Crippen molar-refractivity contribution in [1.29, 1.82) is 0 Å². The number of ether oxygens (including phenoxy) is 1. The highest BCUT2D eigenvalue weighted by Gasteiger charge is 2.15. The van der Waals surface area contributed by atoms with Crippen molar-refractivity contribution in [2.24, 2.45) is 0 Å². The highest BCUT2D eigenvalue weighted by atomic mass is 16.5. The molecule has 2 N–H and O–H groups in total. The molecule has 4 heteroatoms. The van der Waals surface area contributed by atoms with E-state index in [1.807, 2.05) is 0 Å². The zero-order chi connectivity index (χ0) is 13.2. The van der Waals surface area contributed by atoms with Crippen LogP contribution in [-0.2, 0) is 4.74 Å². The second kappa shape index (κ2) is 9.73. The van der Waals surface area contributed by atoms with E-state index in [4.69, 9.17) is 4.74 Å². The lowest BCUT2D eigenvalue weighted by Crippen LogP contribution is -2.33. The minimum atomic E-state index is -0.369. The highest BCUT2D eigenvalue weighted by Crippen LogP contribution is 2.20. The monoisotopic (exact) mass is 258 g/mol. The predicted molar refractivity (Wildman–Crippen MR) is 74.9 cm³/mol. The average molecular weight is 258 g/mol. The number of hydrogen-bond donors (Lipinski definition) is 2. The van der Waals surface area contributed by atoms with Crippen molar-refractivity contribution >= 4 is 0 Å². The van der Waals surface area contributed by atoms with Gasteiger partial charge in [-0.25, -0.2) is 0 Å². The van der Waals surface area contributed by atoms with Gasteiger partial charge >= 0.3 is 0 Å². The minimum Gasteiger partial charge on any atom is -0.389 e. The summed E-state index contributed by atoms with van der Waals surface area (Å²) in [4.78, 5) is 2.17. The summed E-state index contributed by atoms with van der Waals surface area (Å²) in [6.45, 7) is 3.16. The van der Waals surface area contributed by atoms with Gasteiger partial charge in [0.2, 0.25) is 0 Å². The maximum atomic E-state index is 9.79. The van der Waals surface area contributed by atoms with E-state index in [1.165, 1.54) is 32.1 Å². The van der Waals surface area contributed by atoms with Crippen molar-refractivity contribution < 1.29 is 9.84 Å². The van der Waals surface area contributed by atoms with Gasteiger partial charge in [0, 0.05) is 6.54 Å². The third kappa shape index (κ3) is 8.03. The van der Waals surface area contributed by atoms with Crippen LogP contribution in [0.4, 0.5) is 0 Å². The molecule has 0 aromatic heterocycles. The maximum absolute atomic E-state index is 9.79. The molecule has 1 aliphatic carbocycles. The summed E-state index contributed by atoms with van der Waals surface area (Å²) in [6, 6.07) is 0. The molecule has 1 rings (SSSR count). The largest absolute Gasteiger partial charge is 0.389 e. The molecule has 0 spiro atoms. The van der Waals surface area contributed by atoms with E-state index in [9.17, 15) is 5.11 Å². The van der Waals surface area contributed by atoms with Crippen LogP contribution >= 0.6 is 0 Å². The highest BCUT2D eigenvalue weighted by molar-refractivity contribution is 4.67. The Bertz CT molecular complexity index is 194. The fraction of sp³-hybridized carbons (Fsp3) is 1.00. The van der Waals surface area contributed by atoms with E-state index in [2.05, 4.69) is 24.3 Å². The van der Waals surface area contributed by atoms with Crippen molar-refractivity contribution in [2.75, 3.05) is 40.3 Å². The van der Waals surface area contributed by atoms with Gasteiger partial charge < -0.3 is 20.1 Å². The van der Waals surface area contributed by atoms with Crippen molar-refractivity contribution in [3.63, 3.8) is 0 Å². The van der Waals surface area contributed by atoms with E-state index in [0.717, 1.165) is 19.5 Å². The summed E-state index contributed by atoms with van der Waals surface area (Å²) in [5.41, 5.74) is 0. The summed E-state index contributed by atoms with van der Waals surface area (Å²) >= 11 is 0. The van der Waals surface area contributed by atoms with Crippen molar-refractivity contribution in [2.45, 2.75) is 50.7 Å². The quantitative estimate of drug-likeness (QED) is 0.611. The molecule has 1 fully saturated rings. The first kappa shape index (κ1) is 15.9. The molecule has 0 bridgehead atoms. The van der Waals surface area contributed by atoms with Gasteiger partial charge in [0.15, 0.2) is 0 Å². The second-order valence-corrected chi connectivity index (χ2v) is 5.61. The summed E-state index contributed by atoms with van der Waals surface area (Å²) in [6.07, 6.45) is 7.38. The molecule has 4 nitrogen and oxygen atoms in total. The van der Waals surface area contributed by atoms with E-state index >= 15 is 0 Å². The lowest BCUT2D eigenvalue weighted by atomic mass is 9.98. The molecule has 18 heavy (non-hydrogen) atoms. The van der Waals surface area contributed by atoms with Crippen LogP contribution in [0.5, 0.6) is 0 Å². The number of nitrogens with one attached hydrogen (secondary N) is 1. The molecule has 1 atom stereocenters. The number of hydrogen-bond acceptors (Lipinski definition) is 4. The van der Waals surface area contributed by atoms with Crippen LogP contribution in [0.15, 0.2) is 0 Å². The first-order valence-corrected chi connectivity index (χ1v) is 7.33.